The fourth-order valence-electron chi connectivity index (χ4n) is 2.37. The molecule has 0 unspecified atom stereocenters. The number of aromatic nitrogens is 3. The Bertz CT molecular complexity index is 738. The molecule has 0 amide bonds. The largest absolute Gasteiger partial charge is 0.492 e. The van der Waals surface area contributed by atoms with Gasteiger partial charge in [-0.1, -0.05) is 12.1 Å². The molecule has 0 fully saturated rings. The fourth-order valence-corrected chi connectivity index (χ4v) is 2.37. The van der Waals surface area contributed by atoms with E-state index in [0.29, 0.717) is 6.61 Å². The molecule has 2 heterocycles. The summed E-state index contributed by atoms with van der Waals surface area (Å²) >= 11 is 0. The van der Waals surface area contributed by atoms with E-state index in [1.165, 1.54) is 0 Å². The zero-order valence-corrected chi connectivity index (χ0v) is 12.2. The van der Waals surface area contributed by atoms with Crippen LogP contribution >= 0.6 is 0 Å². The molecule has 108 valence electrons. The molecule has 0 spiro atoms. The number of hydrogen-bond acceptors (Lipinski definition) is 4. The van der Waals surface area contributed by atoms with Crippen molar-refractivity contribution in [3.8, 4) is 5.75 Å². The van der Waals surface area contributed by atoms with Crippen molar-refractivity contribution < 1.29 is 4.74 Å². The number of hydrogen-bond donors (Lipinski definition) is 0. The zero-order chi connectivity index (χ0) is 14.7. The van der Waals surface area contributed by atoms with Gasteiger partial charge >= 0.3 is 0 Å². The van der Waals surface area contributed by atoms with Gasteiger partial charge in [0.15, 0.2) is 0 Å². The third-order valence-corrected chi connectivity index (χ3v) is 3.34. The van der Waals surface area contributed by atoms with Gasteiger partial charge in [-0.3, -0.25) is 4.40 Å². The van der Waals surface area contributed by atoms with Gasteiger partial charge in [0.05, 0.1) is 30.7 Å². The summed E-state index contributed by atoms with van der Waals surface area (Å²) in [4.78, 5) is 10.7. The Balaban J connectivity index is 1.88. The molecule has 3 aromatic rings. The SMILES string of the molecule is CCOc1ccccc1N(C)Cc1cnc2ncccn12. The molecule has 0 aliphatic heterocycles. The predicted molar refractivity (Wildman–Crippen MR) is 82.7 cm³/mol. The first-order valence-electron chi connectivity index (χ1n) is 6.99. The molecule has 2 aromatic heterocycles. The number of fused-ring (bicyclic) bond motifs is 1. The van der Waals surface area contributed by atoms with Gasteiger partial charge in [0, 0.05) is 19.4 Å². The molecular formula is C16H18N4O. The molecule has 0 radical (unpaired) electrons. The highest BCUT2D eigenvalue weighted by atomic mass is 16.5. The van der Waals surface area contributed by atoms with Crippen LogP contribution in [0.3, 0.4) is 0 Å². The van der Waals surface area contributed by atoms with Crippen LogP contribution in [0.15, 0.2) is 48.9 Å². The first-order chi connectivity index (χ1) is 10.3. The van der Waals surface area contributed by atoms with E-state index >= 15 is 0 Å². The van der Waals surface area contributed by atoms with Gasteiger partial charge in [0.2, 0.25) is 5.78 Å². The summed E-state index contributed by atoms with van der Waals surface area (Å²) in [5, 5.41) is 0. The standard InChI is InChI=1S/C16H18N4O/c1-3-21-15-8-5-4-7-14(15)19(2)12-13-11-18-16-17-9-6-10-20(13)16/h4-11H,3,12H2,1-2H3. The topological polar surface area (TPSA) is 42.7 Å². The highest BCUT2D eigenvalue weighted by molar-refractivity contribution is 5.58. The molecule has 3 rings (SSSR count). The lowest BCUT2D eigenvalue weighted by Gasteiger charge is -2.21. The minimum absolute atomic E-state index is 0.657. The number of benzene rings is 1. The number of para-hydroxylation sites is 2. The smallest absolute Gasteiger partial charge is 0.233 e. The lowest BCUT2D eigenvalue weighted by Crippen LogP contribution is -2.18. The molecule has 5 heteroatoms. The average Bonchev–Trinajstić information content (AvgIpc) is 2.91. The van der Waals surface area contributed by atoms with Crippen LogP contribution in [0.25, 0.3) is 5.78 Å². The number of anilines is 1. The van der Waals surface area contributed by atoms with E-state index in [1.54, 1.807) is 6.20 Å². The van der Waals surface area contributed by atoms with Crippen molar-refractivity contribution in [2.24, 2.45) is 0 Å². The van der Waals surface area contributed by atoms with Crippen molar-refractivity contribution in [3.05, 3.63) is 54.6 Å². The van der Waals surface area contributed by atoms with Gasteiger partial charge in [0.1, 0.15) is 5.75 Å². The highest BCUT2D eigenvalue weighted by Crippen LogP contribution is 2.28. The normalized spacial score (nSPS) is 10.8. The van der Waals surface area contributed by atoms with Crippen LogP contribution in [0, 0.1) is 0 Å². The van der Waals surface area contributed by atoms with Crippen molar-refractivity contribution in [2.45, 2.75) is 13.5 Å². The lowest BCUT2D eigenvalue weighted by atomic mass is 10.2. The van der Waals surface area contributed by atoms with Gasteiger partial charge in [0.25, 0.3) is 0 Å². The van der Waals surface area contributed by atoms with Gasteiger partial charge < -0.3 is 9.64 Å². The van der Waals surface area contributed by atoms with Crippen LogP contribution < -0.4 is 9.64 Å². The second kappa shape index (κ2) is 5.83. The predicted octanol–water partition coefficient (Wildman–Crippen LogP) is 2.76. The highest BCUT2D eigenvalue weighted by Gasteiger charge is 2.11. The number of imidazole rings is 1. The molecule has 5 nitrogen and oxygen atoms in total. The Morgan fingerprint density at radius 2 is 2.05 bits per heavy atom. The van der Waals surface area contributed by atoms with Crippen molar-refractivity contribution >= 4 is 11.5 Å². The maximum absolute atomic E-state index is 5.69. The molecule has 0 aliphatic rings. The van der Waals surface area contributed by atoms with E-state index in [1.807, 2.05) is 55.0 Å². The minimum atomic E-state index is 0.657. The van der Waals surface area contributed by atoms with Crippen molar-refractivity contribution in [1.82, 2.24) is 14.4 Å². The van der Waals surface area contributed by atoms with Crippen LogP contribution in [0.1, 0.15) is 12.6 Å². The zero-order valence-electron chi connectivity index (χ0n) is 12.2. The minimum Gasteiger partial charge on any atom is -0.492 e. The summed E-state index contributed by atoms with van der Waals surface area (Å²) in [6.07, 6.45) is 5.59. The van der Waals surface area contributed by atoms with Crippen LogP contribution in [-0.2, 0) is 6.54 Å². The van der Waals surface area contributed by atoms with Gasteiger partial charge in [-0.05, 0) is 25.1 Å². The van der Waals surface area contributed by atoms with Crippen LogP contribution in [0.4, 0.5) is 5.69 Å². The first-order valence-corrected chi connectivity index (χ1v) is 6.99. The van der Waals surface area contributed by atoms with Crippen LogP contribution in [0.2, 0.25) is 0 Å². The van der Waals surface area contributed by atoms with Crippen molar-refractivity contribution in [1.29, 1.82) is 0 Å². The van der Waals surface area contributed by atoms with Gasteiger partial charge in [-0.2, -0.15) is 0 Å². The summed E-state index contributed by atoms with van der Waals surface area (Å²) in [5.41, 5.74) is 2.16. The van der Waals surface area contributed by atoms with Gasteiger partial charge in [-0.25, -0.2) is 9.97 Å². The van der Waals surface area contributed by atoms with Crippen molar-refractivity contribution in [2.75, 3.05) is 18.6 Å². The lowest BCUT2D eigenvalue weighted by molar-refractivity contribution is 0.340. The van der Waals surface area contributed by atoms with E-state index in [9.17, 15) is 0 Å². The Morgan fingerprint density at radius 1 is 1.19 bits per heavy atom. The Morgan fingerprint density at radius 3 is 2.90 bits per heavy atom. The molecular weight excluding hydrogens is 264 g/mol. The molecule has 0 atom stereocenters. The summed E-state index contributed by atoms with van der Waals surface area (Å²) < 4.78 is 7.69. The molecule has 0 saturated heterocycles. The summed E-state index contributed by atoms with van der Waals surface area (Å²) in [5.74, 6) is 1.62. The van der Waals surface area contributed by atoms with E-state index in [0.717, 1.165) is 29.5 Å². The maximum atomic E-state index is 5.69. The molecule has 0 saturated carbocycles. The maximum Gasteiger partial charge on any atom is 0.233 e. The van der Waals surface area contributed by atoms with Crippen LogP contribution in [-0.4, -0.2) is 28.0 Å². The van der Waals surface area contributed by atoms with E-state index in [-0.39, 0.29) is 0 Å². The van der Waals surface area contributed by atoms with E-state index < -0.39 is 0 Å². The summed E-state index contributed by atoms with van der Waals surface area (Å²) in [6.45, 7) is 3.38. The quantitative estimate of drug-likeness (QED) is 0.721. The molecule has 0 aliphatic carbocycles. The first kappa shape index (κ1) is 13.4. The second-order valence-corrected chi connectivity index (χ2v) is 4.80. The fraction of sp³-hybridized carbons (Fsp3) is 0.250. The van der Waals surface area contributed by atoms with Gasteiger partial charge in [-0.15, -0.1) is 0 Å². The number of nitrogens with zero attached hydrogens (tertiary/aromatic N) is 4. The summed E-state index contributed by atoms with van der Waals surface area (Å²) in [7, 11) is 2.05. The van der Waals surface area contributed by atoms with E-state index in [2.05, 4.69) is 20.9 Å². The van der Waals surface area contributed by atoms with Crippen molar-refractivity contribution in [3.63, 3.8) is 0 Å². The molecule has 1 aromatic carbocycles. The number of rotatable bonds is 5. The third-order valence-electron chi connectivity index (χ3n) is 3.34. The molecule has 21 heavy (non-hydrogen) atoms. The second-order valence-electron chi connectivity index (χ2n) is 4.80. The third kappa shape index (κ3) is 2.67. The summed E-state index contributed by atoms with van der Waals surface area (Å²) in [6, 6.07) is 9.97. The monoisotopic (exact) mass is 282 g/mol. The van der Waals surface area contributed by atoms with E-state index in [4.69, 9.17) is 4.74 Å². The van der Waals surface area contributed by atoms with Crippen LogP contribution in [0.5, 0.6) is 5.75 Å². The molecule has 0 bridgehead atoms. The number of ether oxygens (including phenoxy) is 1. The average molecular weight is 282 g/mol. The molecule has 0 N–H and O–H groups in total. The Labute approximate surface area is 123 Å². The Hall–Kier alpha value is -2.56. The Kier molecular flexibility index (Phi) is 3.73.